The summed E-state index contributed by atoms with van der Waals surface area (Å²) in [7, 11) is 3.38. The largest absolute Gasteiger partial charge is 0.453 e. The first-order valence-electron chi connectivity index (χ1n) is 12.6. The number of aryl methyl sites for hydroxylation is 1. The maximum atomic E-state index is 12.4. The molecule has 0 spiro atoms. The number of aromatic nitrogens is 2. The number of rotatable bonds is 3. The SMILES string of the molecule is COC(=O)N1CCC(C2CCC(c3ccc4c(C5CCC(=O)NC5=O)nn(C)c4c3)CC2)CC1. The number of carbonyl (C=O) groups excluding carboxylic acids is 3. The first kappa shape index (κ1) is 22.9. The van der Waals surface area contributed by atoms with Crippen LogP contribution in [0.4, 0.5) is 4.79 Å². The second-order valence-electron chi connectivity index (χ2n) is 10.2. The highest BCUT2D eigenvalue weighted by Gasteiger charge is 2.34. The summed E-state index contributed by atoms with van der Waals surface area (Å²) in [6.07, 6.45) is 7.67. The van der Waals surface area contributed by atoms with Gasteiger partial charge in [0.1, 0.15) is 0 Å². The van der Waals surface area contributed by atoms with Crippen LogP contribution in [0, 0.1) is 11.8 Å². The Labute approximate surface area is 200 Å². The van der Waals surface area contributed by atoms with Gasteiger partial charge in [-0.05, 0) is 74.3 Å². The van der Waals surface area contributed by atoms with Gasteiger partial charge in [0.15, 0.2) is 0 Å². The Morgan fingerprint density at radius 2 is 1.74 bits per heavy atom. The molecule has 8 heteroatoms. The van der Waals surface area contributed by atoms with Crippen molar-refractivity contribution in [2.45, 2.75) is 63.2 Å². The Hall–Kier alpha value is -2.90. The molecule has 2 saturated heterocycles. The van der Waals surface area contributed by atoms with E-state index in [0.717, 1.165) is 48.4 Å². The number of hydrogen-bond acceptors (Lipinski definition) is 5. The Kier molecular flexibility index (Phi) is 6.32. The molecule has 2 aliphatic heterocycles. The Morgan fingerprint density at radius 1 is 1.03 bits per heavy atom. The molecular weight excluding hydrogens is 432 g/mol. The molecule has 3 heterocycles. The third kappa shape index (κ3) is 4.30. The normalized spacial score (nSPS) is 26.5. The number of ether oxygens (including phenoxy) is 1. The molecule has 5 rings (SSSR count). The van der Waals surface area contributed by atoms with Crippen molar-refractivity contribution < 1.29 is 19.1 Å². The van der Waals surface area contributed by atoms with Crippen LogP contribution in [0.5, 0.6) is 0 Å². The van der Waals surface area contributed by atoms with Crippen molar-refractivity contribution in [3.05, 3.63) is 29.5 Å². The number of likely N-dealkylation sites (tertiary alicyclic amines) is 1. The average Bonchev–Trinajstić information content (AvgIpc) is 3.19. The van der Waals surface area contributed by atoms with Gasteiger partial charge in [-0.1, -0.05) is 12.1 Å². The van der Waals surface area contributed by atoms with E-state index in [1.165, 1.54) is 38.4 Å². The highest BCUT2D eigenvalue weighted by Crippen LogP contribution is 2.42. The van der Waals surface area contributed by atoms with E-state index in [2.05, 4.69) is 28.6 Å². The number of piperidine rings is 2. The average molecular weight is 467 g/mol. The van der Waals surface area contributed by atoms with E-state index in [1.54, 1.807) is 0 Å². The smallest absolute Gasteiger partial charge is 0.409 e. The van der Waals surface area contributed by atoms with Gasteiger partial charge >= 0.3 is 6.09 Å². The lowest BCUT2D eigenvalue weighted by atomic mass is 9.71. The van der Waals surface area contributed by atoms with Gasteiger partial charge in [-0.3, -0.25) is 19.6 Å². The maximum absolute atomic E-state index is 12.4. The lowest BCUT2D eigenvalue weighted by Crippen LogP contribution is -2.40. The predicted octanol–water partition coefficient (Wildman–Crippen LogP) is 3.85. The van der Waals surface area contributed by atoms with Crippen molar-refractivity contribution in [2.24, 2.45) is 18.9 Å². The van der Waals surface area contributed by atoms with Gasteiger partial charge in [0.05, 0.1) is 24.2 Å². The van der Waals surface area contributed by atoms with Crippen LogP contribution in [0.3, 0.4) is 0 Å². The minimum Gasteiger partial charge on any atom is -0.453 e. The number of nitrogens with one attached hydrogen (secondary N) is 1. The van der Waals surface area contributed by atoms with E-state index < -0.39 is 0 Å². The molecule has 34 heavy (non-hydrogen) atoms. The van der Waals surface area contributed by atoms with Crippen LogP contribution in [0.25, 0.3) is 10.9 Å². The summed E-state index contributed by atoms with van der Waals surface area (Å²) in [5.74, 6) is 1.19. The number of benzene rings is 1. The van der Waals surface area contributed by atoms with Gasteiger partial charge in [-0.15, -0.1) is 0 Å². The summed E-state index contributed by atoms with van der Waals surface area (Å²) in [5, 5.41) is 8.14. The van der Waals surface area contributed by atoms with Crippen LogP contribution in [0.2, 0.25) is 0 Å². The summed E-state index contributed by atoms with van der Waals surface area (Å²) >= 11 is 0. The first-order valence-corrected chi connectivity index (χ1v) is 12.6. The number of imide groups is 1. The van der Waals surface area contributed by atoms with Crippen LogP contribution < -0.4 is 5.32 Å². The van der Waals surface area contributed by atoms with Crippen LogP contribution in [-0.2, 0) is 21.4 Å². The molecule has 1 aliphatic carbocycles. The summed E-state index contributed by atoms with van der Waals surface area (Å²) in [6, 6.07) is 6.57. The topological polar surface area (TPSA) is 93.5 Å². The Bertz CT molecular complexity index is 1090. The van der Waals surface area contributed by atoms with Crippen molar-refractivity contribution in [2.75, 3.05) is 20.2 Å². The Morgan fingerprint density at radius 3 is 2.41 bits per heavy atom. The van der Waals surface area contributed by atoms with Gasteiger partial charge in [-0.25, -0.2) is 4.79 Å². The molecule has 1 N–H and O–H groups in total. The lowest BCUT2D eigenvalue weighted by Gasteiger charge is -2.38. The minimum absolute atomic E-state index is 0.200. The third-order valence-corrected chi connectivity index (χ3v) is 8.36. The highest BCUT2D eigenvalue weighted by atomic mass is 16.5. The van der Waals surface area contributed by atoms with E-state index in [4.69, 9.17) is 4.74 Å². The molecule has 1 aromatic heterocycles. The molecule has 1 unspecified atom stereocenters. The molecule has 3 aliphatic rings. The standard InChI is InChI=1S/C26H34N4O4/c1-29-22-15-19(7-8-20(22)24(28-29)21-9-10-23(31)27-25(21)32)17-5-3-16(4-6-17)18-11-13-30(14-12-18)26(33)34-2/h7-8,15-18,21H,3-6,9-14H2,1-2H3,(H,27,31,32). The summed E-state index contributed by atoms with van der Waals surface area (Å²) in [6.45, 7) is 1.62. The zero-order valence-electron chi connectivity index (χ0n) is 20.1. The second kappa shape index (κ2) is 9.39. The predicted molar refractivity (Wildman–Crippen MR) is 127 cm³/mol. The summed E-state index contributed by atoms with van der Waals surface area (Å²) in [4.78, 5) is 37.5. The molecule has 0 radical (unpaired) electrons. The molecule has 0 bridgehead atoms. The fourth-order valence-corrected chi connectivity index (χ4v) is 6.37. The number of nitrogens with zero attached hydrogens (tertiary/aromatic N) is 3. The minimum atomic E-state index is -0.367. The van der Waals surface area contributed by atoms with E-state index in [9.17, 15) is 14.4 Å². The Balaban J connectivity index is 1.24. The zero-order chi connectivity index (χ0) is 23.8. The number of carbonyl (C=O) groups is 3. The van der Waals surface area contributed by atoms with Gasteiger partial charge in [0.2, 0.25) is 11.8 Å². The number of fused-ring (bicyclic) bond motifs is 1. The second-order valence-corrected chi connectivity index (χ2v) is 10.2. The van der Waals surface area contributed by atoms with Crippen LogP contribution in [-0.4, -0.2) is 52.8 Å². The van der Waals surface area contributed by atoms with Crippen LogP contribution in [0.15, 0.2) is 18.2 Å². The van der Waals surface area contributed by atoms with Gasteiger partial charge in [0.25, 0.3) is 0 Å². The zero-order valence-corrected chi connectivity index (χ0v) is 20.1. The molecule has 2 aromatic rings. The maximum Gasteiger partial charge on any atom is 0.409 e. The highest BCUT2D eigenvalue weighted by molar-refractivity contribution is 6.02. The molecular formula is C26H34N4O4. The van der Waals surface area contributed by atoms with Crippen molar-refractivity contribution in [3.8, 4) is 0 Å². The molecule has 1 saturated carbocycles. The molecule has 3 amide bonds. The van der Waals surface area contributed by atoms with Crippen LogP contribution >= 0.6 is 0 Å². The third-order valence-electron chi connectivity index (χ3n) is 8.36. The fraction of sp³-hybridized carbons (Fsp3) is 0.615. The molecule has 1 aromatic carbocycles. The summed E-state index contributed by atoms with van der Waals surface area (Å²) < 4.78 is 6.74. The van der Waals surface area contributed by atoms with Crippen molar-refractivity contribution in [1.82, 2.24) is 20.0 Å². The lowest BCUT2D eigenvalue weighted by molar-refractivity contribution is -0.134. The fourth-order valence-electron chi connectivity index (χ4n) is 6.37. The summed E-state index contributed by atoms with van der Waals surface area (Å²) in [5.41, 5.74) is 3.18. The van der Waals surface area contributed by atoms with Crippen molar-refractivity contribution >= 4 is 28.8 Å². The molecule has 1 atom stereocenters. The number of methoxy groups -OCH3 is 1. The quantitative estimate of drug-likeness (QED) is 0.694. The van der Waals surface area contributed by atoms with Crippen molar-refractivity contribution in [3.63, 3.8) is 0 Å². The van der Waals surface area contributed by atoms with Gasteiger partial charge < -0.3 is 9.64 Å². The van der Waals surface area contributed by atoms with E-state index in [1.807, 2.05) is 16.6 Å². The van der Waals surface area contributed by atoms with Gasteiger partial charge in [-0.2, -0.15) is 5.10 Å². The van der Waals surface area contributed by atoms with Crippen molar-refractivity contribution in [1.29, 1.82) is 0 Å². The molecule has 8 nitrogen and oxygen atoms in total. The van der Waals surface area contributed by atoms with E-state index in [-0.39, 0.29) is 23.8 Å². The van der Waals surface area contributed by atoms with Crippen LogP contribution in [0.1, 0.15) is 74.5 Å². The van der Waals surface area contributed by atoms with E-state index in [0.29, 0.717) is 24.7 Å². The monoisotopic (exact) mass is 466 g/mol. The number of hydrogen-bond donors (Lipinski definition) is 1. The number of amides is 3. The molecule has 182 valence electrons. The first-order chi connectivity index (χ1) is 16.4. The van der Waals surface area contributed by atoms with Gasteiger partial charge in [0, 0.05) is 31.9 Å². The van der Waals surface area contributed by atoms with E-state index >= 15 is 0 Å². The molecule has 3 fully saturated rings.